The quantitative estimate of drug-likeness (QED) is 0.414. The van der Waals surface area contributed by atoms with Crippen LogP contribution in [0.3, 0.4) is 0 Å². The SMILES string of the molecule is CCCCCCCCCOC(=O)OCCC. The summed E-state index contributed by atoms with van der Waals surface area (Å²) in [5.74, 6) is 0. The van der Waals surface area contributed by atoms with Crippen molar-refractivity contribution in [2.45, 2.75) is 65.2 Å². The minimum absolute atomic E-state index is 0.454. The minimum Gasteiger partial charge on any atom is -0.434 e. The van der Waals surface area contributed by atoms with Crippen LogP contribution in [0.15, 0.2) is 0 Å². The van der Waals surface area contributed by atoms with Crippen molar-refractivity contribution in [2.75, 3.05) is 13.2 Å². The number of rotatable bonds is 10. The summed E-state index contributed by atoms with van der Waals surface area (Å²) in [4.78, 5) is 10.9. The molecule has 96 valence electrons. The van der Waals surface area contributed by atoms with E-state index in [1.807, 2.05) is 6.92 Å². The zero-order valence-electron chi connectivity index (χ0n) is 10.8. The first-order valence-corrected chi connectivity index (χ1v) is 6.60. The molecule has 0 unspecified atom stereocenters. The normalized spacial score (nSPS) is 10.1. The minimum atomic E-state index is -0.521. The molecule has 0 N–H and O–H groups in total. The molecular formula is C13H26O3. The largest absolute Gasteiger partial charge is 0.508 e. The highest BCUT2D eigenvalue weighted by Crippen LogP contribution is 2.06. The summed E-state index contributed by atoms with van der Waals surface area (Å²) in [5.41, 5.74) is 0. The van der Waals surface area contributed by atoms with Gasteiger partial charge in [0.05, 0.1) is 13.2 Å². The molecule has 0 saturated carbocycles. The molecule has 0 aromatic carbocycles. The van der Waals surface area contributed by atoms with Crippen molar-refractivity contribution in [1.82, 2.24) is 0 Å². The van der Waals surface area contributed by atoms with Crippen LogP contribution < -0.4 is 0 Å². The van der Waals surface area contributed by atoms with Gasteiger partial charge in [0.25, 0.3) is 0 Å². The van der Waals surface area contributed by atoms with E-state index in [9.17, 15) is 4.79 Å². The van der Waals surface area contributed by atoms with Crippen LogP contribution in [-0.2, 0) is 9.47 Å². The van der Waals surface area contributed by atoms with Crippen LogP contribution in [0.5, 0.6) is 0 Å². The van der Waals surface area contributed by atoms with E-state index in [0.29, 0.717) is 13.2 Å². The Labute approximate surface area is 99.5 Å². The summed E-state index contributed by atoms with van der Waals surface area (Å²) in [6.45, 7) is 5.13. The lowest BCUT2D eigenvalue weighted by atomic mass is 10.1. The van der Waals surface area contributed by atoms with Crippen molar-refractivity contribution >= 4 is 6.16 Å². The maximum atomic E-state index is 10.9. The maximum absolute atomic E-state index is 10.9. The van der Waals surface area contributed by atoms with Gasteiger partial charge in [0.2, 0.25) is 0 Å². The second-order valence-electron chi connectivity index (χ2n) is 4.07. The van der Waals surface area contributed by atoms with E-state index >= 15 is 0 Å². The van der Waals surface area contributed by atoms with Gasteiger partial charge in [-0.25, -0.2) is 4.79 Å². The molecule has 16 heavy (non-hydrogen) atoms. The standard InChI is InChI=1S/C13H26O3/c1-3-5-6-7-8-9-10-12-16-13(14)15-11-4-2/h3-12H2,1-2H3. The molecule has 0 rings (SSSR count). The summed E-state index contributed by atoms with van der Waals surface area (Å²) < 4.78 is 9.70. The monoisotopic (exact) mass is 230 g/mol. The topological polar surface area (TPSA) is 35.5 Å². The maximum Gasteiger partial charge on any atom is 0.508 e. The second kappa shape index (κ2) is 12.3. The van der Waals surface area contributed by atoms with E-state index in [1.165, 1.54) is 32.1 Å². The smallest absolute Gasteiger partial charge is 0.434 e. The van der Waals surface area contributed by atoms with E-state index in [-0.39, 0.29) is 0 Å². The van der Waals surface area contributed by atoms with Crippen molar-refractivity contribution in [3.8, 4) is 0 Å². The number of hydrogen-bond acceptors (Lipinski definition) is 3. The van der Waals surface area contributed by atoms with Gasteiger partial charge in [0.15, 0.2) is 0 Å². The lowest BCUT2D eigenvalue weighted by molar-refractivity contribution is 0.0542. The number of unbranched alkanes of at least 4 members (excludes halogenated alkanes) is 6. The van der Waals surface area contributed by atoms with Crippen LogP contribution in [0.4, 0.5) is 4.79 Å². The average Bonchev–Trinajstić information content (AvgIpc) is 2.30. The number of ether oxygens (including phenoxy) is 2. The lowest BCUT2D eigenvalue weighted by Gasteiger charge is -2.05. The Hall–Kier alpha value is -0.730. The lowest BCUT2D eigenvalue weighted by Crippen LogP contribution is -2.08. The fraction of sp³-hybridized carbons (Fsp3) is 0.923. The Morgan fingerprint density at radius 2 is 1.31 bits per heavy atom. The van der Waals surface area contributed by atoms with Crippen LogP contribution in [0.1, 0.15) is 65.2 Å². The van der Waals surface area contributed by atoms with Gasteiger partial charge >= 0.3 is 6.16 Å². The molecule has 0 aromatic heterocycles. The number of carbonyl (C=O) groups excluding carboxylic acids is 1. The fourth-order valence-electron chi connectivity index (χ4n) is 1.44. The van der Waals surface area contributed by atoms with E-state index in [1.54, 1.807) is 0 Å². The molecule has 0 aliphatic heterocycles. The zero-order chi connectivity index (χ0) is 12.1. The average molecular weight is 230 g/mol. The van der Waals surface area contributed by atoms with Gasteiger partial charge < -0.3 is 9.47 Å². The fourth-order valence-corrected chi connectivity index (χ4v) is 1.44. The van der Waals surface area contributed by atoms with Gasteiger partial charge in [-0.3, -0.25) is 0 Å². The molecule has 0 amide bonds. The first kappa shape index (κ1) is 15.3. The van der Waals surface area contributed by atoms with Gasteiger partial charge in [-0.2, -0.15) is 0 Å². The van der Waals surface area contributed by atoms with Crippen LogP contribution >= 0.6 is 0 Å². The van der Waals surface area contributed by atoms with E-state index in [4.69, 9.17) is 9.47 Å². The number of carbonyl (C=O) groups is 1. The third-order valence-electron chi connectivity index (χ3n) is 2.39. The molecule has 3 heteroatoms. The molecule has 3 nitrogen and oxygen atoms in total. The Kier molecular flexibility index (Phi) is 11.8. The van der Waals surface area contributed by atoms with Crippen LogP contribution in [-0.4, -0.2) is 19.4 Å². The second-order valence-corrected chi connectivity index (χ2v) is 4.07. The Morgan fingerprint density at radius 3 is 1.94 bits per heavy atom. The first-order chi connectivity index (χ1) is 7.81. The highest BCUT2D eigenvalue weighted by atomic mass is 16.7. The van der Waals surface area contributed by atoms with Gasteiger partial charge in [-0.1, -0.05) is 52.4 Å². The summed E-state index contributed by atoms with van der Waals surface area (Å²) in [6.07, 6.45) is 8.90. The Balaban J connectivity index is 3.05. The predicted molar refractivity (Wildman–Crippen MR) is 65.6 cm³/mol. The Bertz CT molecular complexity index is 157. The molecule has 0 radical (unpaired) electrons. The van der Waals surface area contributed by atoms with Gasteiger partial charge in [-0.05, 0) is 12.8 Å². The van der Waals surface area contributed by atoms with Crippen LogP contribution in [0.25, 0.3) is 0 Å². The van der Waals surface area contributed by atoms with Crippen LogP contribution in [0.2, 0.25) is 0 Å². The van der Waals surface area contributed by atoms with E-state index in [0.717, 1.165) is 19.3 Å². The molecule has 0 bridgehead atoms. The molecular weight excluding hydrogens is 204 g/mol. The highest BCUT2D eigenvalue weighted by Gasteiger charge is 2.01. The predicted octanol–water partition coefficient (Wildman–Crippen LogP) is 4.30. The molecule has 0 heterocycles. The van der Waals surface area contributed by atoms with Crippen molar-refractivity contribution in [1.29, 1.82) is 0 Å². The van der Waals surface area contributed by atoms with Crippen molar-refractivity contribution < 1.29 is 14.3 Å². The highest BCUT2D eigenvalue weighted by molar-refractivity contribution is 5.59. The van der Waals surface area contributed by atoms with Gasteiger partial charge in [0.1, 0.15) is 0 Å². The Morgan fingerprint density at radius 1 is 0.750 bits per heavy atom. The summed E-state index contributed by atoms with van der Waals surface area (Å²) in [5, 5.41) is 0. The van der Waals surface area contributed by atoms with Crippen molar-refractivity contribution in [3.63, 3.8) is 0 Å². The molecule has 0 saturated heterocycles. The summed E-state index contributed by atoms with van der Waals surface area (Å²) >= 11 is 0. The molecule has 0 fully saturated rings. The molecule has 0 spiro atoms. The molecule has 0 atom stereocenters. The third kappa shape index (κ3) is 11.3. The van der Waals surface area contributed by atoms with Crippen molar-refractivity contribution in [3.05, 3.63) is 0 Å². The van der Waals surface area contributed by atoms with Crippen molar-refractivity contribution in [2.24, 2.45) is 0 Å². The van der Waals surface area contributed by atoms with Gasteiger partial charge in [0, 0.05) is 0 Å². The molecule has 0 aliphatic rings. The zero-order valence-corrected chi connectivity index (χ0v) is 10.8. The first-order valence-electron chi connectivity index (χ1n) is 6.60. The summed E-state index contributed by atoms with van der Waals surface area (Å²) in [6, 6.07) is 0. The third-order valence-corrected chi connectivity index (χ3v) is 2.39. The number of hydrogen-bond donors (Lipinski definition) is 0. The van der Waals surface area contributed by atoms with E-state index in [2.05, 4.69) is 6.92 Å². The van der Waals surface area contributed by atoms with Gasteiger partial charge in [-0.15, -0.1) is 0 Å². The summed E-state index contributed by atoms with van der Waals surface area (Å²) in [7, 11) is 0. The van der Waals surface area contributed by atoms with Crippen LogP contribution in [0, 0.1) is 0 Å². The molecule has 0 aromatic rings. The molecule has 0 aliphatic carbocycles. The van der Waals surface area contributed by atoms with E-state index < -0.39 is 6.16 Å².